The van der Waals surface area contributed by atoms with Crippen LogP contribution in [0, 0.1) is 0 Å². The van der Waals surface area contributed by atoms with Crippen LogP contribution in [0.25, 0.3) is 21.9 Å². The van der Waals surface area contributed by atoms with Crippen molar-refractivity contribution in [3.05, 3.63) is 41.5 Å². The van der Waals surface area contributed by atoms with Crippen molar-refractivity contribution in [3.8, 4) is 34.1 Å². The number of carbonyl (C=O) groups is 1. The zero-order valence-electron chi connectivity index (χ0n) is 17.5. The van der Waals surface area contributed by atoms with E-state index in [0.29, 0.717) is 18.7 Å². The van der Waals surface area contributed by atoms with Crippen LogP contribution in [0.4, 0.5) is 5.69 Å². The van der Waals surface area contributed by atoms with E-state index in [1.807, 2.05) is 18.2 Å². The molecule has 0 radical (unpaired) electrons. The van der Waals surface area contributed by atoms with E-state index in [1.54, 1.807) is 21.1 Å². The Bertz CT molecular complexity index is 1200. The monoisotopic (exact) mass is 405 g/mol. The van der Waals surface area contributed by atoms with E-state index in [4.69, 9.17) is 18.9 Å². The average Bonchev–Trinajstić information content (AvgIpc) is 3.18. The summed E-state index contributed by atoms with van der Waals surface area (Å²) in [5.74, 6) is 3.02. The van der Waals surface area contributed by atoms with Crippen molar-refractivity contribution >= 4 is 22.2 Å². The minimum Gasteiger partial charge on any atom is -0.493 e. The van der Waals surface area contributed by atoms with Crippen molar-refractivity contribution in [1.82, 2.24) is 0 Å². The Morgan fingerprint density at radius 2 is 1.77 bits per heavy atom. The fraction of sp³-hybridized carbons (Fsp3) is 0.292. The van der Waals surface area contributed by atoms with Crippen molar-refractivity contribution in [2.45, 2.75) is 19.9 Å². The number of benzene rings is 3. The normalized spacial score (nSPS) is 13.8. The van der Waals surface area contributed by atoms with Gasteiger partial charge in [-0.15, -0.1) is 0 Å². The van der Waals surface area contributed by atoms with Crippen LogP contribution < -0.4 is 23.8 Å². The predicted octanol–water partition coefficient (Wildman–Crippen LogP) is 4.33. The van der Waals surface area contributed by atoms with Gasteiger partial charge in [0.05, 0.1) is 19.9 Å². The average molecular weight is 405 g/mol. The molecule has 5 rings (SSSR count). The van der Waals surface area contributed by atoms with Crippen LogP contribution in [0.15, 0.2) is 30.3 Å². The van der Waals surface area contributed by atoms with Gasteiger partial charge in [0, 0.05) is 36.5 Å². The fourth-order valence-corrected chi connectivity index (χ4v) is 4.62. The second-order valence-electron chi connectivity index (χ2n) is 7.74. The van der Waals surface area contributed by atoms with Gasteiger partial charge in [0.1, 0.15) is 5.78 Å². The van der Waals surface area contributed by atoms with Crippen LogP contribution >= 0.6 is 0 Å². The quantitative estimate of drug-likeness (QED) is 0.644. The molecule has 0 aromatic heterocycles. The van der Waals surface area contributed by atoms with Crippen LogP contribution in [-0.4, -0.2) is 33.8 Å². The highest BCUT2D eigenvalue weighted by atomic mass is 16.7. The summed E-state index contributed by atoms with van der Waals surface area (Å²) in [6, 6.07) is 10.2. The topological polar surface area (TPSA) is 57.2 Å². The van der Waals surface area contributed by atoms with Crippen molar-refractivity contribution in [2.75, 3.05) is 33.0 Å². The molecule has 2 aliphatic heterocycles. The van der Waals surface area contributed by atoms with E-state index in [1.165, 1.54) is 0 Å². The highest BCUT2D eigenvalue weighted by Gasteiger charge is 2.29. The van der Waals surface area contributed by atoms with Crippen molar-refractivity contribution in [1.29, 1.82) is 0 Å². The maximum absolute atomic E-state index is 12.0. The van der Waals surface area contributed by atoms with Gasteiger partial charge in [-0.3, -0.25) is 4.79 Å². The first kappa shape index (κ1) is 18.6. The van der Waals surface area contributed by atoms with Gasteiger partial charge in [-0.1, -0.05) is 0 Å². The summed E-state index contributed by atoms with van der Waals surface area (Å²) in [5.41, 5.74) is 5.31. The molecule has 0 bridgehead atoms. The summed E-state index contributed by atoms with van der Waals surface area (Å²) in [7, 11) is 5.37. The first-order chi connectivity index (χ1) is 14.5. The maximum Gasteiger partial charge on any atom is 0.231 e. The molecule has 3 aromatic rings. The lowest BCUT2D eigenvalue weighted by Gasteiger charge is -2.33. The number of methoxy groups -OCH3 is 2. The van der Waals surface area contributed by atoms with Gasteiger partial charge in [0.15, 0.2) is 23.0 Å². The zero-order chi connectivity index (χ0) is 21.0. The van der Waals surface area contributed by atoms with E-state index in [2.05, 4.69) is 24.1 Å². The van der Waals surface area contributed by atoms with Gasteiger partial charge in [-0.05, 0) is 53.8 Å². The molecule has 0 atom stereocenters. The molecule has 0 spiro atoms. The Balaban J connectivity index is 1.85. The van der Waals surface area contributed by atoms with Gasteiger partial charge in [0.2, 0.25) is 6.79 Å². The van der Waals surface area contributed by atoms with Gasteiger partial charge in [0.25, 0.3) is 0 Å². The summed E-state index contributed by atoms with van der Waals surface area (Å²) in [6.07, 6.45) is 0.357. The molecule has 0 unspecified atom stereocenters. The number of Topliss-reactive ketones (excluding diaryl/α,β-unsaturated/α-hetero) is 1. The number of hydrogen-bond acceptors (Lipinski definition) is 6. The van der Waals surface area contributed by atoms with E-state index < -0.39 is 0 Å². The molecule has 2 aliphatic rings. The molecule has 30 heavy (non-hydrogen) atoms. The molecular formula is C24H23NO5. The SMILES string of the molecule is COc1ccc2c(c1OC)CN(C)c1c-2cc(CC(C)=O)c2cc3c(cc12)OCO3. The Morgan fingerprint density at radius 3 is 2.43 bits per heavy atom. The van der Waals surface area contributed by atoms with Crippen LogP contribution in [0.3, 0.4) is 0 Å². The third-order valence-electron chi connectivity index (χ3n) is 5.84. The fourth-order valence-electron chi connectivity index (χ4n) is 4.62. The second kappa shape index (κ2) is 6.83. The molecule has 0 saturated heterocycles. The first-order valence-corrected chi connectivity index (χ1v) is 9.85. The van der Waals surface area contributed by atoms with Gasteiger partial charge >= 0.3 is 0 Å². The molecular weight excluding hydrogens is 382 g/mol. The smallest absolute Gasteiger partial charge is 0.231 e. The van der Waals surface area contributed by atoms with E-state index in [0.717, 1.165) is 56.0 Å². The molecule has 2 heterocycles. The lowest BCUT2D eigenvalue weighted by atomic mass is 9.86. The molecule has 0 saturated carbocycles. The molecule has 3 aromatic carbocycles. The third-order valence-corrected chi connectivity index (χ3v) is 5.84. The van der Waals surface area contributed by atoms with E-state index in [9.17, 15) is 4.79 Å². The first-order valence-electron chi connectivity index (χ1n) is 9.85. The lowest BCUT2D eigenvalue weighted by molar-refractivity contribution is -0.116. The number of ether oxygens (including phenoxy) is 4. The van der Waals surface area contributed by atoms with Crippen LogP contribution in [0.2, 0.25) is 0 Å². The number of fused-ring (bicyclic) bond motifs is 6. The molecule has 0 fully saturated rings. The molecule has 0 aliphatic carbocycles. The van der Waals surface area contributed by atoms with Crippen LogP contribution in [0.5, 0.6) is 23.0 Å². The zero-order valence-corrected chi connectivity index (χ0v) is 17.5. The number of anilines is 1. The second-order valence-corrected chi connectivity index (χ2v) is 7.74. The molecule has 0 N–H and O–H groups in total. The molecule has 0 amide bonds. The molecule has 6 heteroatoms. The number of carbonyl (C=O) groups excluding carboxylic acids is 1. The predicted molar refractivity (Wildman–Crippen MR) is 115 cm³/mol. The standard InChI is InChI=1S/C24H23NO5/c1-13(26)7-14-8-17-15-5-6-20(27-3)24(28-4)19(15)11-25(2)23(17)18-10-22-21(9-16(14)18)29-12-30-22/h5-6,8-10H,7,11-12H2,1-4H3. The van der Waals surface area contributed by atoms with Crippen molar-refractivity contribution < 1.29 is 23.7 Å². The largest absolute Gasteiger partial charge is 0.493 e. The van der Waals surface area contributed by atoms with Gasteiger partial charge < -0.3 is 23.8 Å². The van der Waals surface area contributed by atoms with Crippen LogP contribution in [0.1, 0.15) is 18.1 Å². The minimum atomic E-state index is 0.116. The summed E-state index contributed by atoms with van der Waals surface area (Å²) >= 11 is 0. The number of rotatable bonds is 4. The van der Waals surface area contributed by atoms with Gasteiger partial charge in [-0.25, -0.2) is 0 Å². The Morgan fingerprint density at radius 1 is 1.03 bits per heavy atom. The Labute approximate surface area is 174 Å². The van der Waals surface area contributed by atoms with Crippen molar-refractivity contribution in [2.24, 2.45) is 0 Å². The summed E-state index contributed by atoms with van der Waals surface area (Å²) < 4.78 is 22.4. The number of nitrogens with zero attached hydrogens (tertiary/aromatic N) is 1. The van der Waals surface area contributed by atoms with Gasteiger partial charge in [-0.2, -0.15) is 0 Å². The lowest BCUT2D eigenvalue weighted by Crippen LogP contribution is -2.23. The highest BCUT2D eigenvalue weighted by molar-refractivity contribution is 6.07. The Hall–Kier alpha value is -3.41. The summed E-state index contributed by atoms with van der Waals surface area (Å²) in [6.45, 7) is 2.51. The number of ketones is 1. The Kier molecular flexibility index (Phi) is 4.24. The minimum absolute atomic E-state index is 0.116. The summed E-state index contributed by atoms with van der Waals surface area (Å²) in [4.78, 5) is 14.3. The van der Waals surface area contributed by atoms with E-state index >= 15 is 0 Å². The third kappa shape index (κ3) is 2.67. The number of hydrogen-bond donors (Lipinski definition) is 0. The van der Waals surface area contributed by atoms with Crippen LogP contribution in [-0.2, 0) is 17.8 Å². The van der Waals surface area contributed by atoms with E-state index in [-0.39, 0.29) is 12.6 Å². The highest BCUT2D eigenvalue weighted by Crippen LogP contribution is 2.50. The van der Waals surface area contributed by atoms with Crippen molar-refractivity contribution in [3.63, 3.8) is 0 Å². The molecule has 6 nitrogen and oxygen atoms in total. The molecule has 154 valence electrons. The summed E-state index contributed by atoms with van der Waals surface area (Å²) in [5, 5.41) is 2.07. The maximum atomic E-state index is 12.0.